The second-order valence-corrected chi connectivity index (χ2v) is 7.31. The van der Waals surface area contributed by atoms with Gasteiger partial charge in [0.25, 0.3) is 17.4 Å². The first-order chi connectivity index (χ1) is 15.9. The number of anilines is 1. The molecule has 9 nitrogen and oxygen atoms in total. The Morgan fingerprint density at radius 2 is 1.97 bits per heavy atom. The number of hydrogen-bond donors (Lipinski definition) is 3. The molecule has 0 bridgehead atoms. The molecular formula is C23H21N5O4S. The molecule has 0 aliphatic carbocycles. The summed E-state index contributed by atoms with van der Waals surface area (Å²) in [6, 6.07) is 8.64. The average molecular weight is 464 g/mol. The number of terminal acetylenes is 2. The lowest BCUT2D eigenvalue weighted by atomic mass is 10.3. The fraction of sp³-hybridized carbons (Fsp3) is 0.217. The summed E-state index contributed by atoms with van der Waals surface area (Å²) < 4.78 is 7.31. The van der Waals surface area contributed by atoms with E-state index in [-0.39, 0.29) is 47.9 Å². The van der Waals surface area contributed by atoms with Crippen LogP contribution < -0.4 is 35.4 Å². The molecule has 2 amide bonds. The third kappa shape index (κ3) is 6.76. The minimum atomic E-state index is -0.644. The molecule has 0 fully saturated rings. The van der Waals surface area contributed by atoms with Gasteiger partial charge in [-0.15, -0.1) is 24.2 Å². The molecule has 1 aromatic heterocycles. The van der Waals surface area contributed by atoms with Crippen molar-refractivity contribution in [3.63, 3.8) is 0 Å². The first kappa shape index (κ1) is 24.8. The van der Waals surface area contributed by atoms with E-state index in [1.165, 1.54) is 10.8 Å². The highest BCUT2D eigenvalue weighted by Crippen LogP contribution is 2.17. The maximum atomic E-state index is 12.8. The number of amides is 2. The van der Waals surface area contributed by atoms with Crippen LogP contribution in [0.2, 0.25) is 0 Å². The molecule has 2 rings (SSSR count). The van der Waals surface area contributed by atoms with Gasteiger partial charge >= 0.3 is 0 Å². The molecule has 0 saturated carbocycles. The van der Waals surface area contributed by atoms with E-state index in [0.29, 0.717) is 16.0 Å². The zero-order valence-electron chi connectivity index (χ0n) is 17.8. The van der Waals surface area contributed by atoms with Crippen molar-refractivity contribution in [2.75, 3.05) is 25.0 Å². The third-order valence-corrected chi connectivity index (χ3v) is 5.22. The Bertz CT molecular complexity index is 1340. The lowest BCUT2D eigenvalue weighted by Crippen LogP contribution is -2.34. The molecule has 0 aliphatic heterocycles. The van der Waals surface area contributed by atoms with Crippen LogP contribution >= 0.6 is 11.3 Å². The number of thiazole rings is 1. The highest BCUT2D eigenvalue weighted by atomic mass is 32.1. The molecule has 3 N–H and O–H groups in total. The van der Waals surface area contributed by atoms with Crippen LogP contribution in [0.4, 0.5) is 5.69 Å². The minimum absolute atomic E-state index is 0.0315. The van der Waals surface area contributed by atoms with Gasteiger partial charge in [-0.2, -0.15) is 5.26 Å². The van der Waals surface area contributed by atoms with Gasteiger partial charge in [0.1, 0.15) is 21.0 Å². The van der Waals surface area contributed by atoms with Gasteiger partial charge in [0, 0.05) is 24.5 Å². The van der Waals surface area contributed by atoms with Gasteiger partial charge in [-0.1, -0.05) is 17.9 Å². The van der Waals surface area contributed by atoms with Crippen LogP contribution in [-0.2, 0) is 16.1 Å². The first-order valence-electron chi connectivity index (χ1n) is 9.70. The highest BCUT2D eigenvalue weighted by molar-refractivity contribution is 7.07. The molecular weight excluding hydrogens is 442 g/mol. The zero-order valence-corrected chi connectivity index (χ0v) is 18.6. The fourth-order valence-corrected chi connectivity index (χ4v) is 3.67. The van der Waals surface area contributed by atoms with Crippen molar-refractivity contribution in [2.24, 2.45) is 0 Å². The van der Waals surface area contributed by atoms with Crippen molar-refractivity contribution < 1.29 is 14.3 Å². The van der Waals surface area contributed by atoms with Crippen LogP contribution in [0.1, 0.15) is 6.92 Å². The molecule has 0 unspecified atom stereocenters. The smallest absolute Gasteiger partial charge is 0.270 e. The number of nitrogens with zero attached hydrogens (tertiary/aromatic N) is 2. The van der Waals surface area contributed by atoms with E-state index in [4.69, 9.17) is 17.6 Å². The van der Waals surface area contributed by atoms with Crippen molar-refractivity contribution in [1.82, 2.24) is 15.2 Å². The Morgan fingerprint density at radius 3 is 2.64 bits per heavy atom. The molecule has 168 valence electrons. The largest absolute Gasteiger partial charge is 0.484 e. The molecule has 0 aliphatic rings. The van der Waals surface area contributed by atoms with Crippen molar-refractivity contribution in [2.45, 2.75) is 13.5 Å². The standard InChI is InChI=1S/C23H21N5O4S/c1-4-10-25-20(29)15-32-17-9-7-8-16(12-17)27-14-19-22(31)28(6-3)23(33-19)18(13-24)21(30)26-11-5-2/h1-2,7-9,12,14,27H,6,10-11,15H2,3H3,(H,25,29)(H,26,30). The summed E-state index contributed by atoms with van der Waals surface area (Å²) in [7, 11) is 0. The summed E-state index contributed by atoms with van der Waals surface area (Å²) in [6.07, 6.45) is 11.7. The zero-order chi connectivity index (χ0) is 24.2. The predicted octanol–water partition coefficient (Wildman–Crippen LogP) is -0.668. The van der Waals surface area contributed by atoms with E-state index in [0.717, 1.165) is 11.3 Å². The number of hydrogen-bond acceptors (Lipinski definition) is 7. The highest BCUT2D eigenvalue weighted by Gasteiger charge is 2.14. The Balaban J connectivity index is 2.30. The molecule has 10 heteroatoms. The predicted molar refractivity (Wildman–Crippen MR) is 126 cm³/mol. The average Bonchev–Trinajstić information content (AvgIpc) is 3.14. The molecule has 1 heterocycles. The number of carbonyl (C=O) groups excluding carboxylic acids is 2. The van der Waals surface area contributed by atoms with Crippen molar-refractivity contribution >= 4 is 40.6 Å². The molecule has 0 saturated heterocycles. The first-order valence-corrected chi connectivity index (χ1v) is 10.5. The summed E-state index contributed by atoms with van der Waals surface area (Å²) in [5, 5.41) is 17.4. The van der Waals surface area contributed by atoms with Crippen LogP contribution in [0.15, 0.2) is 29.1 Å². The molecule has 2 aromatic rings. The van der Waals surface area contributed by atoms with E-state index in [1.807, 2.05) is 6.07 Å². The second-order valence-electron chi connectivity index (χ2n) is 6.28. The minimum Gasteiger partial charge on any atom is -0.484 e. The summed E-state index contributed by atoms with van der Waals surface area (Å²) in [6.45, 7) is 1.91. The summed E-state index contributed by atoms with van der Waals surface area (Å²) >= 11 is 1.01. The van der Waals surface area contributed by atoms with Crippen molar-refractivity contribution in [3.05, 3.63) is 43.8 Å². The Hall–Kier alpha value is -4.46. The SMILES string of the molecule is C#CCNC(=O)COc1cccc(NC=c2sc(=C(C#N)C(=O)NCC#C)n(CC)c2=O)c1. The van der Waals surface area contributed by atoms with Crippen LogP contribution in [0, 0.1) is 36.0 Å². The van der Waals surface area contributed by atoms with Crippen LogP contribution in [0.5, 0.6) is 5.75 Å². The number of aromatic nitrogens is 1. The van der Waals surface area contributed by atoms with Crippen molar-refractivity contribution in [3.8, 4) is 36.5 Å². The van der Waals surface area contributed by atoms with Gasteiger partial charge in [0.2, 0.25) is 0 Å². The van der Waals surface area contributed by atoms with Crippen LogP contribution in [0.25, 0.3) is 11.8 Å². The quantitative estimate of drug-likeness (QED) is 0.424. The lowest BCUT2D eigenvalue weighted by molar-refractivity contribution is -0.122. The third-order valence-electron chi connectivity index (χ3n) is 4.09. The molecule has 0 atom stereocenters. The molecule has 1 aromatic carbocycles. The van der Waals surface area contributed by atoms with Gasteiger partial charge in [-0.25, -0.2) is 0 Å². The monoisotopic (exact) mass is 463 g/mol. The van der Waals surface area contributed by atoms with Gasteiger partial charge in [0.05, 0.1) is 13.1 Å². The Morgan fingerprint density at radius 1 is 1.24 bits per heavy atom. The van der Waals surface area contributed by atoms with E-state index < -0.39 is 5.91 Å². The van der Waals surface area contributed by atoms with Gasteiger partial charge in [-0.3, -0.25) is 19.0 Å². The maximum absolute atomic E-state index is 12.8. The van der Waals surface area contributed by atoms with Gasteiger partial charge < -0.3 is 20.7 Å². The number of rotatable bonds is 9. The summed E-state index contributed by atoms with van der Waals surface area (Å²) in [4.78, 5) is 36.6. The van der Waals surface area contributed by atoms with E-state index in [2.05, 4.69) is 27.8 Å². The van der Waals surface area contributed by atoms with E-state index >= 15 is 0 Å². The lowest BCUT2D eigenvalue weighted by Gasteiger charge is -2.07. The topological polar surface area (TPSA) is 125 Å². The Kier molecular flexibility index (Phi) is 9.33. The van der Waals surface area contributed by atoms with Gasteiger partial charge in [-0.05, 0) is 19.1 Å². The summed E-state index contributed by atoms with van der Waals surface area (Å²) in [5.41, 5.74) is 0.0672. The number of nitriles is 1. The number of ether oxygens (including phenoxy) is 1. The molecule has 0 spiro atoms. The van der Waals surface area contributed by atoms with Crippen LogP contribution in [0.3, 0.4) is 0 Å². The van der Waals surface area contributed by atoms with Gasteiger partial charge in [0.15, 0.2) is 12.2 Å². The maximum Gasteiger partial charge on any atom is 0.270 e. The number of benzene rings is 1. The summed E-state index contributed by atoms with van der Waals surface area (Å²) in [5.74, 6) is 4.01. The second kappa shape index (κ2) is 12.4. The van der Waals surface area contributed by atoms with E-state index in [1.54, 1.807) is 31.2 Å². The number of nitrogens with one attached hydrogen (secondary N) is 3. The Labute approximate surface area is 194 Å². The molecule has 33 heavy (non-hydrogen) atoms. The van der Waals surface area contributed by atoms with Crippen molar-refractivity contribution in [1.29, 1.82) is 5.26 Å². The normalized spacial score (nSPS) is 11.4. The number of carbonyl (C=O) groups is 2. The molecule has 0 radical (unpaired) electrons. The van der Waals surface area contributed by atoms with Crippen LogP contribution in [-0.4, -0.2) is 36.1 Å². The van der Waals surface area contributed by atoms with E-state index in [9.17, 15) is 19.6 Å². The fourth-order valence-electron chi connectivity index (χ4n) is 2.58.